The monoisotopic (exact) mass is 443 g/mol. The molecule has 0 radical (unpaired) electrons. The maximum atomic E-state index is 11.7. The number of nitrogens with zero attached hydrogens (tertiary/aromatic N) is 4. The van der Waals surface area contributed by atoms with E-state index in [9.17, 15) is 14.9 Å². The second-order valence-corrected chi connectivity index (χ2v) is 7.15. The number of carbonyl (C=O) groups excluding carboxylic acids is 1. The summed E-state index contributed by atoms with van der Waals surface area (Å²) >= 11 is 1.37. The molecule has 160 valence electrons. The van der Waals surface area contributed by atoms with Gasteiger partial charge in [0.05, 0.1) is 36.8 Å². The number of furan rings is 1. The maximum absolute atomic E-state index is 11.7. The molecule has 3 heterocycles. The molecule has 1 amide bonds. The number of benzene rings is 1. The number of hydrogen-bond acceptors (Lipinski definition) is 9. The van der Waals surface area contributed by atoms with E-state index in [4.69, 9.17) is 13.9 Å². The van der Waals surface area contributed by atoms with Crippen LogP contribution in [0.1, 0.15) is 5.76 Å². The van der Waals surface area contributed by atoms with Gasteiger partial charge in [0.2, 0.25) is 4.80 Å². The smallest absolute Gasteiger partial charge is 0.433 e. The lowest BCUT2D eigenvalue weighted by Gasteiger charge is -2.18. The number of carbonyl (C=O) groups is 1. The van der Waals surface area contributed by atoms with Gasteiger partial charge in [-0.1, -0.05) is 0 Å². The van der Waals surface area contributed by atoms with Crippen LogP contribution in [0.15, 0.2) is 50.2 Å². The van der Waals surface area contributed by atoms with Gasteiger partial charge in [0.15, 0.2) is 12.4 Å². The number of aromatic nitrogens is 1. The van der Waals surface area contributed by atoms with Crippen LogP contribution in [0, 0.1) is 10.1 Å². The summed E-state index contributed by atoms with van der Waals surface area (Å²) in [4.78, 5) is 27.0. The quantitative estimate of drug-likeness (QED) is 0.258. The van der Waals surface area contributed by atoms with Crippen molar-refractivity contribution < 1.29 is 23.6 Å². The van der Waals surface area contributed by atoms with Crippen molar-refractivity contribution in [3.05, 3.63) is 56.4 Å². The Morgan fingerprint density at radius 1 is 1.39 bits per heavy atom. The fourth-order valence-corrected chi connectivity index (χ4v) is 3.68. The van der Waals surface area contributed by atoms with E-state index >= 15 is 0 Å². The first-order valence-electron chi connectivity index (χ1n) is 9.11. The van der Waals surface area contributed by atoms with Crippen LogP contribution < -0.4 is 14.9 Å². The minimum absolute atomic E-state index is 0.0209. The first-order valence-corrected chi connectivity index (χ1v) is 9.99. The molecular formula is C19H17N5O6S. The molecule has 1 N–H and O–H groups in total. The van der Waals surface area contributed by atoms with Crippen molar-refractivity contribution in [2.24, 2.45) is 10.1 Å². The molecule has 0 unspecified atom stereocenters. The lowest BCUT2D eigenvalue weighted by atomic mass is 10.1. The summed E-state index contributed by atoms with van der Waals surface area (Å²) in [6.07, 6.45) is 1.38. The molecular weight excluding hydrogens is 426 g/mol. The predicted octanol–water partition coefficient (Wildman–Crippen LogP) is 2.48. The number of ether oxygens (including phenoxy) is 2. The van der Waals surface area contributed by atoms with E-state index in [1.54, 1.807) is 23.9 Å². The number of nitro groups is 1. The molecule has 0 spiro atoms. The molecule has 0 atom stereocenters. The highest BCUT2D eigenvalue weighted by Gasteiger charge is 2.18. The van der Waals surface area contributed by atoms with Crippen LogP contribution in [0.2, 0.25) is 0 Å². The summed E-state index contributed by atoms with van der Waals surface area (Å²) in [5, 5.41) is 19.9. The van der Waals surface area contributed by atoms with Gasteiger partial charge in [0.1, 0.15) is 10.7 Å². The van der Waals surface area contributed by atoms with Gasteiger partial charge in [-0.25, -0.2) is 4.68 Å². The average molecular weight is 443 g/mol. The third-order valence-corrected chi connectivity index (χ3v) is 5.08. The lowest BCUT2D eigenvalue weighted by molar-refractivity contribution is -0.402. The maximum Gasteiger partial charge on any atom is 0.433 e. The van der Waals surface area contributed by atoms with Gasteiger partial charge in [-0.05, 0) is 24.3 Å². The topological polar surface area (TPSA) is 133 Å². The fraction of sp³-hybridized carbons (Fsp3) is 0.211. The standard InChI is InChI=1S/C19H17N5O6S/c1-28-7-6-20-19-23(21-9-13-3-5-18(30-13)24(26)27)15(11-31-19)12-2-4-16-14(8-12)22-17(25)10-29-16/h2-5,8-9,11H,6-7,10H2,1H3,(H,22,25)/b20-19?,21-9+. The molecule has 4 rings (SSSR count). The number of thiazole rings is 1. The van der Waals surface area contributed by atoms with Crippen molar-refractivity contribution in [2.75, 3.05) is 32.2 Å². The van der Waals surface area contributed by atoms with Crippen molar-refractivity contribution in [1.82, 2.24) is 4.68 Å². The van der Waals surface area contributed by atoms with Crippen LogP contribution in [-0.2, 0) is 9.53 Å². The molecule has 12 heteroatoms. The van der Waals surface area contributed by atoms with Gasteiger partial charge >= 0.3 is 5.88 Å². The molecule has 0 saturated carbocycles. The molecule has 3 aromatic rings. The third-order valence-electron chi connectivity index (χ3n) is 4.23. The van der Waals surface area contributed by atoms with E-state index in [0.29, 0.717) is 35.1 Å². The highest BCUT2D eigenvalue weighted by atomic mass is 32.1. The number of anilines is 1. The molecule has 1 aliphatic rings. The van der Waals surface area contributed by atoms with E-state index in [1.807, 2.05) is 11.4 Å². The van der Waals surface area contributed by atoms with Crippen LogP contribution >= 0.6 is 11.3 Å². The second kappa shape index (κ2) is 8.93. The Balaban J connectivity index is 1.73. The summed E-state index contributed by atoms with van der Waals surface area (Å²) in [5.41, 5.74) is 2.05. The van der Waals surface area contributed by atoms with E-state index in [-0.39, 0.29) is 24.2 Å². The Morgan fingerprint density at radius 3 is 3.03 bits per heavy atom. The molecule has 0 bridgehead atoms. The molecule has 2 aromatic heterocycles. The van der Waals surface area contributed by atoms with Gasteiger partial charge in [0.25, 0.3) is 5.91 Å². The number of nitrogens with one attached hydrogen (secondary N) is 1. The number of rotatable bonds is 7. The third kappa shape index (κ3) is 4.54. The van der Waals surface area contributed by atoms with Crippen molar-refractivity contribution in [1.29, 1.82) is 0 Å². The number of hydrogen-bond donors (Lipinski definition) is 1. The van der Waals surface area contributed by atoms with Crippen molar-refractivity contribution in [2.45, 2.75) is 0 Å². The van der Waals surface area contributed by atoms with Crippen molar-refractivity contribution >= 4 is 35.0 Å². The Morgan fingerprint density at radius 2 is 2.26 bits per heavy atom. The van der Waals surface area contributed by atoms with E-state index in [2.05, 4.69) is 15.4 Å². The van der Waals surface area contributed by atoms with Crippen LogP contribution in [0.3, 0.4) is 0 Å². The first-order chi connectivity index (χ1) is 15.0. The first kappa shape index (κ1) is 20.5. The van der Waals surface area contributed by atoms with Crippen LogP contribution in [-0.4, -0.2) is 48.6 Å². The Bertz CT molecular complexity index is 1220. The lowest BCUT2D eigenvalue weighted by Crippen LogP contribution is -2.25. The van der Waals surface area contributed by atoms with Gasteiger partial charge in [-0.3, -0.25) is 19.9 Å². The minimum Gasteiger partial charge on any atom is -0.482 e. The van der Waals surface area contributed by atoms with Crippen LogP contribution in [0.25, 0.3) is 11.3 Å². The zero-order valence-electron chi connectivity index (χ0n) is 16.3. The molecule has 31 heavy (non-hydrogen) atoms. The van der Waals surface area contributed by atoms with Crippen molar-refractivity contribution in [3.8, 4) is 17.0 Å². The predicted molar refractivity (Wildman–Crippen MR) is 113 cm³/mol. The zero-order valence-corrected chi connectivity index (χ0v) is 17.1. The van der Waals surface area contributed by atoms with Gasteiger partial charge < -0.3 is 19.2 Å². The highest BCUT2D eigenvalue weighted by molar-refractivity contribution is 7.07. The van der Waals surface area contributed by atoms with Crippen LogP contribution in [0.5, 0.6) is 5.75 Å². The zero-order chi connectivity index (χ0) is 21.8. The van der Waals surface area contributed by atoms with Gasteiger partial charge in [0, 0.05) is 18.1 Å². The van der Waals surface area contributed by atoms with E-state index in [1.165, 1.54) is 29.7 Å². The Labute approximate surface area is 179 Å². The molecule has 11 nitrogen and oxygen atoms in total. The molecule has 0 aliphatic carbocycles. The van der Waals surface area contributed by atoms with E-state index in [0.717, 1.165) is 5.56 Å². The number of methoxy groups -OCH3 is 1. The summed E-state index contributed by atoms with van der Waals surface area (Å²) in [5.74, 6) is 0.217. The highest BCUT2D eigenvalue weighted by Crippen LogP contribution is 2.32. The summed E-state index contributed by atoms with van der Waals surface area (Å²) in [6, 6.07) is 8.13. The van der Waals surface area contributed by atoms with E-state index < -0.39 is 4.92 Å². The Hall–Kier alpha value is -3.77. The summed E-state index contributed by atoms with van der Waals surface area (Å²) in [7, 11) is 1.59. The normalized spacial score (nSPS) is 13.8. The van der Waals surface area contributed by atoms with Gasteiger partial charge in [-0.2, -0.15) is 5.10 Å². The molecule has 0 saturated heterocycles. The SMILES string of the molecule is COCCN=c1scc(-c2ccc3c(c2)NC(=O)CO3)n1/N=C/c1ccc([N+](=O)[O-])o1. The van der Waals surface area contributed by atoms with Gasteiger partial charge in [-0.15, -0.1) is 11.3 Å². The van der Waals surface area contributed by atoms with Crippen LogP contribution in [0.4, 0.5) is 11.6 Å². The second-order valence-electron chi connectivity index (χ2n) is 6.32. The molecule has 1 aliphatic heterocycles. The molecule has 0 fully saturated rings. The largest absolute Gasteiger partial charge is 0.482 e. The molecule has 1 aromatic carbocycles. The fourth-order valence-electron chi connectivity index (χ4n) is 2.82. The Kier molecular flexibility index (Phi) is 5.91. The summed E-state index contributed by atoms with van der Waals surface area (Å²) < 4.78 is 17.2. The number of fused-ring (bicyclic) bond motifs is 1. The average Bonchev–Trinajstić information content (AvgIpc) is 3.39. The minimum atomic E-state index is -0.616. The summed E-state index contributed by atoms with van der Waals surface area (Å²) in [6.45, 7) is 0.864. The number of amides is 1. The van der Waals surface area contributed by atoms with Crippen molar-refractivity contribution in [3.63, 3.8) is 0 Å².